The molecule has 4 heteroatoms. The first-order valence-electron chi connectivity index (χ1n) is 7.60. The number of nitrogens with two attached hydrogens (primary N) is 1. The van der Waals surface area contributed by atoms with Crippen LogP contribution in [0.5, 0.6) is 0 Å². The summed E-state index contributed by atoms with van der Waals surface area (Å²) in [6.45, 7) is 5.19. The molecule has 0 saturated heterocycles. The highest BCUT2D eigenvalue weighted by Gasteiger charge is 2.46. The maximum Gasteiger partial charge on any atom is 0.244 e. The van der Waals surface area contributed by atoms with E-state index in [0.717, 1.165) is 49.9 Å². The summed E-state index contributed by atoms with van der Waals surface area (Å²) in [4.78, 5) is 12.1. The van der Waals surface area contributed by atoms with E-state index in [2.05, 4.69) is 30.3 Å². The van der Waals surface area contributed by atoms with Gasteiger partial charge in [0.2, 0.25) is 5.91 Å². The van der Waals surface area contributed by atoms with E-state index in [0.29, 0.717) is 0 Å². The smallest absolute Gasteiger partial charge is 0.244 e. The number of benzene rings is 1. The number of para-hydroxylation sites is 1. The lowest BCUT2D eigenvalue weighted by atomic mass is 9.85. The van der Waals surface area contributed by atoms with Crippen molar-refractivity contribution < 1.29 is 4.79 Å². The zero-order valence-corrected chi connectivity index (χ0v) is 12.5. The van der Waals surface area contributed by atoms with Gasteiger partial charge in [-0.3, -0.25) is 4.79 Å². The number of rotatable bonds is 7. The number of unbranched alkanes of at least 4 members (excludes halogenated alkanes) is 2. The van der Waals surface area contributed by atoms with Crippen molar-refractivity contribution in [3.63, 3.8) is 0 Å². The van der Waals surface area contributed by atoms with Crippen LogP contribution in [-0.2, 0) is 10.3 Å². The van der Waals surface area contributed by atoms with Crippen molar-refractivity contribution in [2.24, 2.45) is 5.73 Å². The molecule has 20 heavy (non-hydrogen) atoms. The molecule has 0 spiro atoms. The highest BCUT2D eigenvalue weighted by molar-refractivity contribution is 5.90. The van der Waals surface area contributed by atoms with Gasteiger partial charge in [0.25, 0.3) is 0 Å². The molecule has 1 aliphatic rings. The van der Waals surface area contributed by atoms with Crippen LogP contribution >= 0.6 is 0 Å². The molecular formula is C16H25N3O. The summed E-state index contributed by atoms with van der Waals surface area (Å²) in [7, 11) is 0. The van der Waals surface area contributed by atoms with Crippen LogP contribution in [0, 0.1) is 0 Å². The van der Waals surface area contributed by atoms with Crippen LogP contribution in [0.1, 0.15) is 51.5 Å². The van der Waals surface area contributed by atoms with E-state index in [1.807, 2.05) is 18.2 Å². The van der Waals surface area contributed by atoms with Crippen LogP contribution in [0.4, 0.5) is 5.69 Å². The largest absolute Gasteiger partial charge is 0.368 e. The summed E-state index contributed by atoms with van der Waals surface area (Å²) in [5, 5.41) is 2.10. The summed E-state index contributed by atoms with van der Waals surface area (Å²) < 4.78 is 0. The monoisotopic (exact) mass is 275 g/mol. The molecule has 110 valence electrons. The van der Waals surface area contributed by atoms with Gasteiger partial charge in [0.15, 0.2) is 0 Å². The number of carbonyl (C=O) groups is 1. The molecule has 0 aliphatic carbocycles. The van der Waals surface area contributed by atoms with E-state index in [1.165, 1.54) is 0 Å². The van der Waals surface area contributed by atoms with Gasteiger partial charge in [-0.05, 0) is 18.9 Å². The van der Waals surface area contributed by atoms with Crippen molar-refractivity contribution in [1.82, 2.24) is 5.43 Å². The number of anilines is 1. The molecule has 1 aliphatic heterocycles. The van der Waals surface area contributed by atoms with Gasteiger partial charge in [0.1, 0.15) is 5.54 Å². The number of hydrogen-bond donors (Lipinski definition) is 2. The summed E-state index contributed by atoms with van der Waals surface area (Å²) >= 11 is 0. The maximum absolute atomic E-state index is 12.1. The van der Waals surface area contributed by atoms with Crippen LogP contribution < -0.4 is 16.2 Å². The Morgan fingerprint density at radius 1 is 1.25 bits per heavy atom. The van der Waals surface area contributed by atoms with Crippen LogP contribution in [0.2, 0.25) is 0 Å². The van der Waals surface area contributed by atoms with Crippen molar-refractivity contribution in [3.8, 4) is 0 Å². The first-order valence-corrected chi connectivity index (χ1v) is 7.60. The fourth-order valence-electron chi connectivity index (χ4n) is 2.86. The lowest BCUT2D eigenvalue weighted by Gasteiger charge is -2.29. The Balaban J connectivity index is 2.36. The minimum Gasteiger partial charge on any atom is -0.368 e. The van der Waals surface area contributed by atoms with Gasteiger partial charge in [0, 0.05) is 12.1 Å². The fourth-order valence-corrected chi connectivity index (χ4v) is 2.86. The molecule has 1 heterocycles. The minimum atomic E-state index is -0.736. The summed E-state index contributed by atoms with van der Waals surface area (Å²) in [5.74, 6) is -0.280. The minimum absolute atomic E-state index is 0.280. The van der Waals surface area contributed by atoms with Crippen molar-refractivity contribution in [3.05, 3.63) is 29.8 Å². The molecule has 0 aromatic heterocycles. The van der Waals surface area contributed by atoms with Crippen LogP contribution in [-0.4, -0.2) is 12.5 Å². The highest BCUT2D eigenvalue weighted by Crippen LogP contribution is 2.40. The molecule has 1 unspecified atom stereocenters. The predicted molar refractivity (Wildman–Crippen MR) is 82.2 cm³/mol. The normalized spacial score (nSPS) is 21.0. The van der Waals surface area contributed by atoms with Crippen molar-refractivity contribution >= 4 is 11.6 Å². The predicted octanol–water partition coefficient (Wildman–Crippen LogP) is 2.68. The van der Waals surface area contributed by atoms with Gasteiger partial charge in [-0.2, -0.15) is 0 Å². The van der Waals surface area contributed by atoms with E-state index in [1.54, 1.807) is 0 Å². The first kappa shape index (κ1) is 14.9. The molecule has 0 fully saturated rings. The van der Waals surface area contributed by atoms with Gasteiger partial charge < -0.3 is 10.7 Å². The number of fused-ring (bicyclic) bond motifs is 1. The molecule has 1 aromatic rings. The summed E-state index contributed by atoms with van der Waals surface area (Å²) in [5.41, 5.74) is 10.5. The fraction of sp³-hybridized carbons (Fsp3) is 0.562. The number of carbonyl (C=O) groups excluding carboxylic acids is 1. The lowest BCUT2D eigenvalue weighted by molar-refractivity contribution is -0.124. The van der Waals surface area contributed by atoms with Gasteiger partial charge in [-0.1, -0.05) is 51.3 Å². The SMILES string of the molecule is CCCCN1NC(CCCC)(C(N)=O)c2ccccc21. The molecule has 2 rings (SSSR count). The van der Waals surface area contributed by atoms with Crippen molar-refractivity contribution in [1.29, 1.82) is 0 Å². The van der Waals surface area contributed by atoms with Crippen LogP contribution in [0.15, 0.2) is 24.3 Å². The molecule has 1 atom stereocenters. The number of hydrogen-bond acceptors (Lipinski definition) is 3. The number of nitrogens with zero attached hydrogens (tertiary/aromatic N) is 1. The second-order valence-electron chi connectivity index (χ2n) is 5.51. The third kappa shape index (κ3) is 2.52. The number of primary amides is 1. The summed E-state index contributed by atoms with van der Waals surface area (Å²) in [6.07, 6.45) is 4.99. The maximum atomic E-state index is 12.1. The second kappa shape index (κ2) is 6.27. The third-order valence-corrected chi connectivity index (χ3v) is 4.04. The Morgan fingerprint density at radius 3 is 2.60 bits per heavy atom. The van der Waals surface area contributed by atoms with Gasteiger partial charge in [-0.25, -0.2) is 5.43 Å². The highest BCUT2D eigenvalue weighted by atomic mass is 16.2. The molecule has 0 radical (unpaired) electrons. The Bertz CT molecular complexity index is 475. The summed E-state index contributed by atoms with van der Waals surface area (Å²) in [6, 6.07) is 8.08. The van der Waals surface area contributed by atoms with Gasteiger partial charge in [0.05, 0.1) is 5.69 Å². The van der Waals surface area contributed by atoms with Gasteiger partial charge in [-0.15, -0.1) is 0 Å². The average Bonchev–Trinajstić information content (AvgIpc) is 2.78. The topological polar surface area (TPSA) is 58.4 Å². The van der Waals surface area contributed by atoms with Crippen LogP contribution in [0.3, 0.4) is 0 Å². The van der Waals surface area contributed by atoms with E-state index in [4.69, 9.17) is 5.73 Å². The molecule has 3 N–H and O–H groups in total. The van der Waals surface area contributed by atoms with E-state index in [9.17, 15) is 4.79 Å². The molecule has 1 amide bonds. The van der Waals surface area contributed by atoms with Crippen molar-refractivity contribution in [2.75, 3.05) is 11.6 Å². The standard InChI is InChI=1S/C16H25N3O/c1-3-5-11-16(15(17)20)13-9-7-8-10-14(13)19(18-16)12-6-4-2/h7-10,18H,3-6,11-12H2,1-2H3,(H2,17,20). The van der Waals surface area contributed by atoms with Gasteiger partial charge >= 0.3 is 0 Å². The average molecular weight is 275 g/mol. The van der Waals surface area contributed by atoms with E-state index < -0.39 is 5.54 Å². The molecule has 4 nitrogen and oxygen atoms in total. The first-order chi connectivity index (χ1) is 9.65. The quantitative estimate of drug-likeness (QED) is 0.804. The van der Waals surface area contributed by atoms with E-state index >= 15 is 0 Å². The molecule has 1 aromatic carbocycles. The molecular weight excluding hydrogens is 250 g/mol. The van der Waals surface area contributed by atoms with Crippen LogP contribution in [0.25, 0.3) is 0 Å². The van der Waals surface area contributed by atoms with E-state index in [-0.39, 0.29) is 5.91 Å². The Kier molecular flexibility index (Phi) is 4.65. The molecule has 0 saturated carbocycles. The van der Waals surface area contributed by atoms with Crippen molar-refractivity contribution in [2.45, 2.75) is 51.5 Å². The number of nitrogens with one attached hydrogen (secondary N) is 1. The second-order valence-corrected chi connectivity index (χ2v) is 5.51. The Labute approximate surface area is 121 Å². The number of amides is 1. The third-order valence-electron chi connectivity index (χ3n) is 4.04. The Hall–Kier alpha value is -1.55. The molecule has 0 bridgehead atoms. The lowest BCUT2D eigenvalue weighted by Crippen LogP contribution is -2.54. The zero-order valence-electron chi connectivity index (χ0n) is 12.5. The number of hydrazine groups is 1. The Morgan fingerprint density at radius 2 is 1.95 bits per heavy atom. The zero-order chi connectivity index (χ0) is 14.6.